The topological polar surface area (TPSA) is 103 Å². The van der Waals surface area contributed by atoms with Crippen LogP contribution in [0.1, 0.15) is 59.3 Å². The lowest BCUT2D eigenvalue weighted by Crippen LogP contribution is -2.45. The summed E-state index contributed by atoms with van der Waals surface area (Å²) in [6.07, 6.45) is 5.04. The molecule has 0 aliphatic carbocycles. The highest BCUT2D eigenvalue weighted by Gasteiger charge is 2.41. The number of hydrogen-bond acceptors (Lipinski definition) is 3. The summed E-state index contributed by atoms with van der Waals surface area (Å²) in [5, 5.41) is 0. The monoisotopic (exact) mass is 284 g/mol. The van der Waals surface area contributed by atoms with Crippen molar-refractivity contribution in [3.63, 3.8) is 0 Å². The minimum Gasteiger partial charge on any atom is -0.370 e. The van der Waals surface area contributed by atoms with Gasteiger partial charge in [-0.05, 0) is 24.7 Å². The molecule has 0 aliphatic heterocycles. The molecule has 0 radical (unpaired) electrons. The summed E-state index contributed by atoms with van der Waals surface area (Å²) >= 11 is 0. The first-order valence-corrected chi connectivity index (χ1v) is 7.28. The summed E-state index contributed by atoms with van der Waals surface area (Å²) in [6.45, 7) is 5.74. The summed E-state index contributed by atoms with van der Waals surface area (Å²) in [5.41, 5.74) is 9.96. The van der Waals surface area contributed by atoms with Crippen LogP contribution in [0, 0.1) is 17.3 Å². The Kier molecular flexibility index (Phi) is 8.11. The number of unbranched alkanes of at least 4 members (excludes halogenated alkanes) is 2. The normalized spacial score (nSPS) is 16.9. The second kappa shape index (κ2) is 8.72. The van der Waals surface area contributed by atoms with Crippen molar-refractivity contribution in [3.05, 3.63) is 0 Å². The summed E-state index contributed by atoms with van der Waals surface area (Å²) in [4.78, 5) is 33.1. The minimum atomic E-state index is -0.676. The van der Waals surface area contributed by atoms with E-state index in [2.05, 4.69) is 0 Å². The molecular weight excluding hydrogens is 256 g/mol. The van der Waals surface area contributed by atoms with E-state index in [0.29, 0.717) is 12.8 Å². The van der Waals surface area contributed by atoms with Crippen molar-refractivity contribution in [2.75, 3.05) is 0 Å². The van der Waals surface area contributed by atoms with Gasteiger partial charge in [0.2, 0.25) is 11.8 Å². The highest BCUT2D eigenvalue weighted by Crippen LogP contribution is 2.39. The number of aldehydes is 1. The molecule has 0 heterocycles. The average Bonchev–Trinajstić information content (AvgIpc) is 2.36. The molecule has 0 bridgehead atoms. The van der Waals surface area contributed by atoms with E-state index in [0.717, 1.165) is 32.0 Å². The van der Waals surface area contributed by atoms with Gasteiger partial charge < -0.3 is 16.3 Å². The number of primary amides is 2. The van der Waals surface area contributed by atoms with Crippen LogP contribution in [-0.2, 0) is 14.4 Å². The third-order valence-corrected chi connectivity index (χ3v) is 4.59. The van der Waals surface area contributed by atoms with Gasteiger partial charge in [-0.15, -0.1) is 0 Å². The van der Waals surface area contributed by atoms with Gasteiger partial charge >= 0.3 is 0 Å². The lowest BCUT2D eigenvalue weighted by molar-refractivity contribution is -0.133. The number of nitrogens with two attached hydrogens (primary N) is 2. The molecule has 0 aromatic carbocycles. The first kappa shape index (κ1) is 18.6. The Bertz CT molecular complexity index is 344. The molecule has 4 N–H and O–H groups in total. The summed E-state index contributed by atoms with van der Waals surface area (Å²) in [5.74, 6) is -0.599. The first-order valence-electron chi connectivity index (χ1n) is 7.28. The van der Waals surface area contributed by atoms with Crippen molar-refractivity contribution >= 4 is 18.1 Å². The summed E-state index contributed by atoms with van der Waals surface area (Å²) < 4.78 is 0. The van der Waals surface area contributed by atoms with Gasteiger partial charge in [-0.25, -0.2) is 0 Å². The molecule has 0 saturated heterocycles. The van der Waals surface area contributed by atoms with E-state index >= 15 is 0 Å². The molecule has 2 amide bonds. The molecule has 0 aliphatic rings. The van der Waals surface area contributed by atoms with E-state index in [1.165, 1.54) is 0 Å². The van der Waals surface area contributed by atoms with Gasteiger partial charge in [-0.2, -0.15) is 0 Å². The van der Waals surface area contributed by atoms with Crippen molar-refractivity contribution in [1.29, 1.82) is 0 Å². The van der Waals surface area contributed by atoms with Gasteiger partial charge in [-0.1, -0.05) is 33.6 Å². The van der Waals surface area contributed by atoms with Gasteiger partial charge in [0, 0.05) is 12.8 Å². The lowest BCUT2D eigenvalue weighted by Gasteiger charge is -2.37. The predicted octanol–water partition coefficient (Wildman–Crippen LogP) is 1.77. The van der Waals surface area contributed by atoms with Crippen LogP contribution in [0.4, 0.5) is 0 Å². The van der Waals surface area contributed by atoms with E-state index in [4.69, 9.17) is 11.5 Å². The highest BCUT2D eigenvalue weighted by atomic mass is 16.1. The third-order valence-electron chi connectivity index (χ3n) is 4.59. The number of carbonyl (C=O) groups excluding carboxylic acids is 3. The van der Waals surface area contributed by atoms with Crippen LogP contribution in [-0.4, -0.2) is 18.1 Å². The van der Waals surface area contributed by atoms with E-state index in [1.807, 2.05) is 20.8 Å². The maximum atomic E-state index is 11.8. The van der Waals surface area contributed by atoms with Crippen LogP contribution in [0.2, 0.25) is 0 Å². The number of rotatable bonds is 11. The minimum absolute atomic E-state index is 0.0712. The van der Waals surface area contributed by atoms with Crippen LogP contribution in [0.15, 0.2) is 0 Å². The van der Waals surface area contributed by atoms with Crippen LogP contribution in [0.25, 0.3) is 0 Å². The third kappa shape index (κ3) is 5.31. The molecule has 20 heavy (non-hydrogen) atoms. The number of amides is 2. The lowest BCUT2D eigenvalue weighted by atomic mass is 9.66. The second-order valence-corrected chi connectivity index (χ2v) is 5.92. The van der Waals surface area contributed by atoms with E-state index in [9.17, 15) is 14.4 Å². The van der Waals surface area contributed by atoms with Crippen LogP contribution >= 0.6 is 0 Å². The molecule has 0 rings (SSSR count). The van der Waals surface area contributed by atoms with Crippen molar-refractivity contribution < 1.29 is 14.4 Å². The zero-order valence-corrected chi connectivity index (χ0v) is 12.9. The molecule has 5 heteroatoms. The SMILES string of the molecule is CC(CC=O)C(C)(C(N)=O)C(C)CCCCCC(N)=O. The zero-order chi connectivity index (χ0) is 15.8. The van der Waals surface area contributed by atoms with Crippen molar-refractivity contribution in [2.45, 2.75) is 59.3 Å². The number of carbonyl (C=O) groups is 3. The Labute approximate surface area is 121 Å². The average molecular weight is 284 g/mol. The molecule has 0 aromatic rings. The van der Waals surface area contributed by atoms with Crippen molar-refractivity contribution in [2.24, 2.45) is 28.7 Å². The fourth-order valence-corrected chi connectivity index (χ4v) is 2.59. The fraction of sp³-hybridized carbons (Fsp3) is 0.800. The fourth-order valence-electron chi connectivity index (χ4n) is 2.59. The van der Waals surface area contributed by atoms with E-state index in [-0.39, 0.29) is 23.7 Å². The Morgan fingerprint density at radius 3 is 2.15 bits per heavy atom. The predicted molar refractivity (Wildman–Crippen MR) is 78.6 cm³/mol. The van der Waals surface area contributed by atoms with Crippen LogP contribution in [0.3, 0.4) is 0 Å². The van der Waals surface area contributed by atoms with Gasteiger partial charge in [0.1, 0.15) is 6.29 Å². The summed E-state index contributed by atoms with van der Waals surface area (Å²) in [6, 6.07) is 0. The van der Waals surface area contributed by atoms with Gasteiger partial charge in [-0.3, -0.25) is 9.59 Å². The molecule has 0 spiro atoms. The molecule has 0 saturated carbocycles. The smallest absolute Gasteiger partial charge is 0.223 e. The molecular formula is C15H28N2O3. The molecule has 3 unspecified atom stereocenters. The van der Waals surface area contributed by atoms with E-state index < -0.39 is 5.41 Å². The van der Waals surface area contributed by atoms with Crippen LogP contribution in [0.5, 0.6) is 0 Å². The molecule has 0 aromatic heterocycles. The van der Waals surface area contributed by atoms with Crippen LogP contribution < -0.4 is 11.5 Å². The van der Waals surface area contributed by atoms with Gasteiger partial charge in [0.25, 0.3) is 0 Å². The molecule has 5 nitrogen and oxygen atoms in total. The Balaban J connectivity index is 4.43. The zero-order valence-electron chi connectivity index (χ0n) is 12.9. The Hall–Kier alpha value is -1.39. The first-order chi connectivity index (χ1) is 9.26. The Morgan fingerprint density at radius 1 is 1.10 bits per heavy atom. The summed E-state index contributed by atoms with van der Waals surface area (Å²) in [7, 11) is 0. The van der Waals surface area contributed by atoms with Gasteiger partial charge in [0.15, 0.2) is 0 Å². The quantitative estimate of drug-likeness (QED) is 0.446. The standard InChI is InChI=1S/C15H28N2O3/c1-11(7-5-4-6-8-13(16)19)15(3,14(17)20)12(2)9-10-18/h10-12H,4-9H2,1-3H3,(H2,16,19)(H2,17,20). The molecule has 3 atom stereocenters. The van der Waals surface area contributed by atoms with E-state index in [1.54, 1.807) is 0 Å². The highest BCUT2D eigenvalue weighted by molar-refractivity contribution is 5.81. The second-order valence-electron chi connectivity index (χ2n) is 5.92. The molecule has 0 fully saturated rings. The van der Waals surface area contributed by atoms with Gasteiger partial charge in [0.05, 0.1) is 5.41 Å². The Morgan fingerprint density at radius 2 is 1.70 bits per heavy atom. The molecule has 116 valence electrons. The maximum Gasteiger partial charge on any atom is 0.223 e. The largest absolute Gasteiger partial charge is 0.370 e. The van der Waals surface area contributed by atoms with Crippen molar-refractivity contribution in [3.8, 4) is 0 Å². The van der Waals surface area contributed by atoms with Crippen molar-refractivity contribution in [1.82, 2.24) is 0 Å². The maximum absolute atomic E-state index is 11.8. The number of hydrogen-bond donors (Lipinski definition) is 2.